The van der Waals surface area contributed by atoms with Gasteiger partial charge in [0.05, 0.1) is 0 Å². The van der Waals surface area contributed by atoms with Crippen molar-refractivity contribution in [3.8, 4) is 11.5 Å². The van der Waals surface area contributed by atoms with E-state index in [1.54, 1.807) is 6.08 Å². The highest BCUT2D eigenvalue weighted by Crippen LogP contribution is 2.31. The number of fused-ring (bicyclic) bond motifs is 1. The maximum absolute atomic E-state index is 12.2. The summed E-state index contributed by atoms with van der Waals surface area (Å²) in [5, 5.41) is 0. The SMILES string of the molecule is CCN1CCN(C(=O)C=Cc2ccc3c(c2)OCCO3)CC1. The summed E-state index contributed by atoms with van der Waals surface area (Å²) in [4.78, 5) is 16.5. The van der Waals surface area contributed by atoms with Crippen molar-refractivity contribution in [3.63, 3.8) is 0 Å². The summed E-state index contributed by atoms with van der Waals surface area (Å²) in [6.07, 6.45) is 3.49. The normalized spacial score (nSPS) is 18.7. The highest BCUT2D eigenvalue weighted by Gasteiger charge is 2.18. The summed E-state index contributed by atoms with van der Waals surface area (Å²) in [6.45, 7) is 7.88. The van der Waals surface area contributed by atoms with Crippen LogP contribution in [0, 0.1) is 0 Å². The lowest BCUT2D eigenvalue weighted by molar-refractivity contribution is -0.127. The lowest BCUT2D eigenvalue weighted by Gasteiger charge is -2.33. The molecule has 0 N–H and O–H groups in total. The summed E-state index contributed by atoms with van der Waals surface area (Å²) in [5.41, 5.74) is 0.949. The Hall–Kier alpha value is -2.01. The van der Waals surface area contributed by atoms with E-state index in [-0.39, 0.29) is 5.91 Å². The first-order valence-corrected chi connectivity index (χ1v) is 7.85. The predicted molar refractivity (Wildman–Crippen MR) is 85.2 cm³/mol. The number of benzene rings is 1. The average Bonchev–Trinajstić information content (AvgIpc) is 2.59. The van der Waals surface area contributed by atoms with E-state index in [0.29, 0.717) is 13.2 Å². The minimum Gasteiger partial charge on any atom is -0.486 e. The molecule has 1 fully saturated rings. The number of hydrogen-bond acceptors (Lipinski definition) is 4. The van der Waals surface area contributed by atoms with E-state index in [1.807, 2.05) is 29.2 Å². The topological polar surface area (TPSA) is 42.0 Å². The monoisotopic (exact) mass is 302 g/mol. The van der Waals surface area contributed by atoms with E-state index in [2.05, 4.69) is 11.8 Å². The van der Waals surface area contributed by atoms with Crippen molar-refractivity contribution >= 4 is 12.0 Å². The molecule has 0 unspecified atom stereocenters. The summed E-state index contributed by atoms with van der Waals surface area (Å²) in [7, 11) is 0. The zero-order valence-electron chi connectivity index (χ0n) is 13.0. The molecule has 1 aromatic rings. The van der Waals surface area contributed by atoms with Gasteiger partial charge in [-0.15, -0.1) is 0 Å². The van der Waals surface area contributed by atoms with Gasteiger partial charge in [0.15, 0.2) is 11.5 Å². The van der Waals surface area contributed by atoms with Gasteiger partial charge in [-0.25, -0.2) is 0 Å². The summed E-state index contributed by atoms with van der Waals surface area (Å²) >= 11 is 0. The van der Waals surface area contributed by atoms with Gasteiger partial charge in [0.2, 0.25) is 5.91 Å². The Bertz CT molecular complexity index is 563. The molecule has 0 saturated carbocycles. The van der Waals surface area contributed by atoms with Crippen molar-refractivity contribution in [2.75, 3.05) is 45.9 Å². The molecule has 0 aliphatic carbocycles. The number of rotatable bonds is 3. The summed E-state index contributed by atoms with van der Waals surface area (Å²) < 4.78 is 11.0. The van der Waals surface area contributed by atoms with Crippen LogP contribution < -0.4 is 9.47 Å². The second-order valence-electron chi connectivity index (χ2n) is 5.50. The molecule has 2 heterocycles. The van der Waals surface area contributed by atoms with Crippen molar-refractivity contribution in [3.05, 3.63) is 29.8 Å². The van der Waals surface area contributed by atoms with Crippen LogP contribution in [0.15, 0.2) is 24.3 Å². The van der Waals surface area contributed by atoms with Gasteiger partial charge < -0.3 is 19.3 Å². The Morgan fingerprint density at radius 2 is 1.86 bits per heavy atom. The predicted octanol–water partition coefficient (Wildman–Crippen LogP) is 1.64. The lowest BCUT2D eigenvalue weighted by Crippen LogP contribution is -2.48. The van der Waals surface area contributed by atoms with E-state index in [1.165, 1.54) is 0 Å². The minimum atomic E-state index is 0.0747. The third-order valence-corrected chi connectivity index (χ3v) is 4.12. The molecule has 1 aromatic carbocycles. The summed E-state index contributed by atoms with van der Waals surface area (Å²) in [5.74, 6) is 1.59. The number of carbonyl (C=O) groups excluding carboxylic acids is 1. The molecular formula is C17H22N2O3. The van der Waals surface area contributed by atoms with Gasteiger partial charge >= 0.3 is 0 Å². The fourth-order valence-electron chi connectivity index (χ4n) is 2.72. The first-order valence-electron chi connectivity index (χ1n) is 7.85. The van der Waals surface area contributed by atoms with Crippen molar-refractivity contribution in [1.82, 2.24) is 9.80 Å². The third-order valence-electron chi connectivity index (χ3n) is 4.12. The van der Waals surface area contributed by atoms with Crippen molar-refractivity contribution in [1.29, 1.82) is 0 Å². The standard InChI is InChI=1S/C17H22N2O3/c1-2-18-7-9-19(10-8-18)17(20)6-4-14-3-5-15-16(13-14)22-12-11-21-15/h3-6,13H,2,7-12H2,1H3. The van der Waals surface area contributed by atoms with Crippen LogP contribution in [-0.4, -0.2) is 61.6 Å². The zero-order chi connectivity index (χ0) is 15.4. The third kappa shape index (κ3) is 3.42. The molecule has 0 spiro atoms. The number of hydrogen-bond donors (Lipinski definition) is 0. The molecule has 22 heavy (non-hydrogen) atoms. The molecule has 3 rings (SSSR count). The van der Waals surface area contributed by atoms with Crippen molar-refractivity contribution in [2.45, 2.75) is 6.92 Å². The Labute approximate surface area is 131 Å². The highest BCUT2D eigenvalue weighted by molar-refractivity contribution is 5.92. The van der Waals surface area contributed by atoms with Crippen LogP contribution in [0.3, 0.4) is 0 Å². The van der Waals surface area contributed by atoms with Gasteiger partial charge in [-0.05, 0) is 30.3 Å². The lowest BCUT2D eigenvalue weighted by atomic mass is 10.1. The van der Waals surface area contributed by atoms with Crippen LogP contribution >= 0.6 is 0 Å². The molecule has 0 bridgehead atoms. The Balaban J connectivity index is 1.60. The van der Waals surface area contributed by atoms with Gasteiger partial charge in [-0.3, -0.25) is 4.79 Å². The smallest absolute Gasteiger partial charge is 0.246 e. The maximum Gasteiger partial charge on any atom is 0.246 e. The van der Waals surface area contributed by atoms with E-state index in [9.17, 15) is 4.79 Å². The molecule has 0 aromatic heterocycles. The second-order valence-corrected chi connectivity index (χ2v) is 5.50. The van der Waals surface area contributed by atoms with E-state index in [4.69, 9.17) is 9.47 Å². The van der Waals surface area contributed by atoms with Crippen LogP contribution in [0.1, 0.15) is 12.5 Å². The van der Waals surface area contributed by atoms with Gasteiger partial charge in [0.1, 0.15) is 13.2 Å². The van der Waals surface area contributed by atoms with E-state index >= 15 is 0 Å². The van der Waals surface area contributed by atoms with Gasteiger partial charge in [-0.1, -0.05) is 13.0 Å². The van der Waals surface area contributed by atoms with E-state index < -0.39 is 0 Å². The minimum absolute atomic E-state index is 0.0747. The first-order chi connectivity index (χ1) is 10.8. The number of likely N-dealkylation sites (N-methyl/N-ethyl adjacent to an activating group) is 1. The molecular weight excluding hydrogens is 280 g/mol. The molecule has 2 aliphatic heterocycles. The van der Waals surface area contributed by atoms with Crippen LogP contribution in [0.2, 0.25) is 0 Å². The molecule has 1 saturated heterocycles. The fraction of sp³-hybridized carbons (Fsp3) is 0.471. The Kier molecular flexibility index (Phi) is 4.63. The highest BCUT2D eigenvalue weighted by atomic mass is 16.6. The van der Waals surface area contributed by atoms with Crippen LogP contribution in [0.4, 0.5) is 0 Å². The molecule has 0 atom stereocenters. The number of amides is 1. The van der Waals surface area contributed by atoms with Gasteiger partial charge in [0, 0.05) is 32.3 Å². The van der Waals surface area contributed by atoms with Crippen LogP contribution in [0.25, 0.3) is 6.08 Å². The average molecular weight is 302 g/mol. The zero-order valence-corrected chi connectivity index (χ0v) is 13.0. The number of nitrogens with zero attached hydrogens (tertiary/aromatic N) is 2. The number of ether oxygens (including phenoxy) is 2. The Morgan fingerprint density at radius 1 is 1.14 bits per heavy atom. The largest absolute Gasteiger partial charge is 0.486 e. The van der Waals surface area contributed by atoms with Crippen LogP contribution in [0.5, 0.6) is 11.5 Å². The second kappa shape index (κ2) is 6.83. The van der Waals surface area contributed by atoms with Gasteiger partial charge in [0.25, 0.3) is 0 Å². The number of carbonyl (C=O) groups is 1. The molecule has 118 valence electrons. The molecule has 0 radical (unpaired) electrons. The molecule has 1 amide bonds. The summed E-state index contributed by atoms with van der Waals surface area (Å²) in [6, 6.07) is 5.73. The van der Waals surface area contributed by atoms with Crippen molar-refractivity contribution < 1.29 is 14.3 Å². The maximum atomic E-state index is 12.2. The van der Waals surface area contributed by atoms with Gasteiger partial charge in [-0.2, -0.15) is 0 Å². The quantitative estimate of drug-likeness (QED) is 0.796. The first kappa shape index (κ1) is 14.9. The van der Waals surface area contributed by atoms with Crippen LogP contribution in [-0.2, 0) is 4.79 Å². The van der Waals surface area contributed by atoms with E-state index in [0.717, 1.165) is 49.8 Å². The Morgan fingerprint density at radius 3 is 2.59 bits per heavy atom. The van der Waals surface area contributed by atoms with Crippen molar-refractivity contribution in [2.24, 2.45) is 0 Å². The molecule has 2 aliphatic rings. The molecule has 5 heteroatoms. The molecule has 5 nitrogen and oxygen atoms in total. The fourth-order valence-corrected chi connectivity index (χ4v) is 2.72. The number of piperazine rings is 1.